The average molecular weight is 250 g/mol. The number of nitrogens with one attached hydrogen (secondary N) is 1. The number of benzene rings is 1. The molecule has 0 saturated carbocycles. The predicted octanol–water partition coefficient (Wildman–Crippen LogP) is -0.0516. The highest BCUT2D eigenvalue weighted by molar-refractivity contribution is 6.02. The van der Waals surface area contributed by atoms with Crippen LogP contribution in [0.3, 0.4) is 0 Å². The number of carboxylic acids is 1. The van der Waals surface area contributed by atoms with E-state index in [-0.39, 0.29) is 0 Å². The monoisotopic (exact) mass is 250 g/mol. The molecule has 0 spiro atoms. The Bertz CT molecular complexity index is 481. The number of aliphatic carboxylic acids is 1. The molecular weight excluding hydrogens is 238 g/mol. The molecule has 0 aliphatic rings. The van der Waals surface area contributed by atoms with Crippen LogP contribution in [0.5, 0.6) is 11.5 Å². The first-order valence-electron chi connectivity index (χ1n) is 4.99. The summed E-state index contributed by atoms with van der Waals surface area (Å²) in [4.78, 5) is 21.5. The second-order valence-corrected chi connectivity index (χ2v) is 3.21. The molecule has 0 unspecified atom stereocenters. The summed E-state index contributed by atoms with van der Waals surface area (Å²) in [5, 5.41) is 12.6. The van der Waals surface area contributed by atoms with Gasteiger partial charge in [-0.1, -0.05) is 0 Å². The molecule has 96 valence electrons. The summed E-state index contributed by atoms with van der Waals surface area (Å²) in [5.41, 5.74) is 0.409. The number of rotatable bonds is 5. The van der Waals surface area contributed by atoms with Gasteiger partial charge in [-0.25, -0.2) is 0 Å². The molecule has 1 N–H and O–H groups in total. The minimum absolute atomic E-state index is 0.407. The Kier molecular flexibility index (Phi) is 4.74. The van der Waals surface area contributed by atoms with Crippen LogP contribution in [0.2, 0.25) is 0 Å². The Morgan fingerprint density at radius 3 is 2.50 bits per heavy atom. The number of ether oxygens (including phenoxy) is 2. The molecule has 0 saturated heterocycles. The fraction of sp³-hybridized carbons (Fsp3) is 0.167. The lowest BCUT2D eigenvalue weighted by molar-refractivity contribution is -0.297. The normalized spacial score (nSPS) is 10.1. The molecule has 0 aromatic heterocycles. The van der Waals surface area contributed by atoms with Gasteiger partial charge in [0, 0.05) is 12.1 Å². The Hall–Kier alpha value is -2.50. The van der Waals surface area contributed by atoms with Gasteiger partial charge in [-0.2, -0.15) is 0 Å². The summed E-state index contributed by atoms with van der Waals surface area (Å²) in [6.07, 6.45) is 1.50. The van der Waals surface area contributed by atoms with E-state index in [1.54, 1.807) is 18.2 Å². The van der Waals surface area contributed by atoms with E-state index in [1.165, 1.54) is 14.2 Å². The number of methoxy groups -OCH3 is 2. The largest absolute Gasteiger partial charge is 0.545 e. The molecule has 0 aliphatic carbocycles. The lowest BCUT2D eigenvalue weighted by atomic mass is 10.2. The van der Waals surface area contributed by atoms with E-state index >= 15 is 0 Å². The van der Waals surface area contributed by atoms with Gasteiger partial charge in [0.05, 0.1) is 25.9 Å². The highest BCUT2D eigenvalue weighted by Crippen LogP contribution is 2.28. The minimum Gasteiger partial charge on any atom is -0.545 e. The molecule has 0 heterocycles. The molecule has 1 amide bonds. The van der Waals surface area contributed by atoms with Crippen molar-refractivity contribution in [2.24, 2.45) is 0 Å². The molecule has 0 fully saturated rings. The number of hydrogen-bond donors (Lipinski definition) is 1. The van der Waals surface area contributed by atoms with Gasteiger partial charge >= 0.3 is 0 Å². The summed E-state index contributed by atoms with van der Waals surface area (Å²) in [7, 11) is 2.96. The molecule has 6 heteroatoms. The van der Waals surface area contributed by atoms with E-state index in [9.17, 15) is 14.7 Å². The van der Waals surface area contributed by atoms with E-state index in [0.717, 1.165) is 6.08 Å². The molecule has 1 aromatic carbocycles. The Morgan fingerprint density at radius 1 is 1.22 bits per heavy atom. The van der Waals surface area contributed by atoms with Gasteiger partial charge < -0.3 is 24.7 Å². The lowest BCUT2D eigenvalue weighted by Crippen LogP contribution is -2.20. The van der Waals surface area contributed by atoms with Crippen molar-refractivity contribution in [3.63, 3.8) is 0 Å². The van der Waals surface area contributed by atoms with Gasteiger partial charge in [0.1, 0.15) is 11.5 Å². The third-order valence-electron chi connectivity index (χ3n) is 2.04. The summed E-state index contributed by atoms with van der Waals surface area (Å²) in [6, 6.07) is 4.82. The van der Waals surface area contributed by atoms with Crippen LogP contribution >= 0.6 is 0 Å². The fourth-order valence-corrected chi connectivity index (χ4v) is 1.22. The average Bonchev–Trinajstić information content (AvgIpc) is 2.36. The van der Waals surface area contributed by atoms with Gasteiger partial charge in [0.25, 0.3) is 0 Å². The van der Waals surface area contributed by atoms with Crippen LogP contribution in [0.15, 0.2) is 30.4 Å². The number of anilines is 1. The molecule has 0 bridgehead atoms. The van der Waals surface area contributed by atoms with Gasteiger partial charge in [-0.15, -0.1) is 0 Å². The smallest absolute Gasteiger partial charge is 0.248 e. The van der Waals surface area contributed by atoms with Gasteiger partial charge in [-0.05, 0) is 18.2 Å². The highest BCUT2D eigenvalue weighted by Gasteiger charge is 2.06. The Balaban J connectivity index is 2.84. The molecule has 0 aliphatic heterocycles. The van der Waals surface area contributed by atoms with Crippen molar-refractivity contribution in [3.8, 4) is 11.5 Å². The van der Waals surface area contributed by atoms with E-state index in [0.29, 0.717) is 23.3 Å². The fourth-order valence-electron chi connectivity index (χ4n) is 1.22. The molecule has 0 radical (unpaired) electrons. The highest BCUT2D eigenvalue weighted by atomic mass is 16.5. The first kappa shape index (κ1) is 13.6. The maximum atomic E-state index is 11.4. The number of hydrogen-bond acceptors (Lipinski definition) is 5. The van der Waals surface area contributed by atoms with Gasteiger partial charge in [0.15, 0.2) is 0 Å². The van der Waals surface area contributed by atoms with Crippen LogP contribution in [0, 0.1) is 0 Å². The third kappa shape index (κ3) is 3.82. The SMILES string of the molecule is COc1ccc(NC(=O)C=CC(=O)[O-])c(OC)c1. The van der Waals surface area contributed by atoms with Gasteiger partial charge in [-0.3, -0.25) is 4.79 Å². The molecule has 18 heavy (non-hydrogen) atoms. The number of amides is 1. The maximum absolute atomic E-state index is 11.4. The van der Waals surface area contributed by atoms with Crippen molar-refractivity contribution in [2.75, 3.05) is 19.5 Å². The van der Waals surface area contributed by atoms with E-state index in [2.05, 4.69) is 5.32 Å². The number of carboxylic acid groups (broad SMARTS) is 1. The second kappa shape index (κ2) is 6.29. The third-order valence-corrected chi connectivity index (χ3v) is 2.04. The zero-order chi connectivity index (χ0) is 13.5. The zero-order valence-corrected chi connectivity index (χ0v) is 9.93. The summed E-state index contributed by atoms with van der Waals surface area (Å²) in [5.74, 6) is -1.05. The zero-order valence-electron chi connectivity index (χ0n) is 9.93. The molecular formula is C12H12NO5-. The quantitative estimate of drug-likeness (QED) is 0.740. The first-order chi connectivity index (χ1) is 8.56. The molecule has 1 aromatic rings. The predicted molar refractivity (Wildman–Crippen MR) is 62.3 cm³/mol. The molecule has 1 rings (SSSR count). The van der Waals surface area contributed by atoms with Crippen LogP contribution < -0.4 is 19.9 Å². The molecule has 0 atom stereocenters. The summed E-state index contributed by atoms with van der Waals surface area (Å²) in [6.45, 7) is 0. The lowest BCUT2D eigenvalue weighted by Gasteiger charge is -2.10. The van der Waals surface area contributed by atoms with Crippen LogP contribution in [0.25, 0.3) is 0 Å². The van der Waals surface area contributed by atoms with Crippen molar-refractivity contribution in [2.45, 2.75) is 0 Å². The summed E-state index contributed by atoms with van der Waals surface area (Å²) < 4.78 is 10.1. The van der Waals surface area contributed by atoms with Crippen LogP contribution in [-0.4, -0.2) is 26.1 Å². The van der Waals surface area contributed by atoms with Crippen LogP contribution in [0.1, 0.15) is 0 Å². The molecule has 6 nitrogen and oxygen atoms in total. The first-order valence-corrected chi connectivity index (χ1v) is 4.99. The topological polar surface area (TPSA) is 87.7 Å². The maximum Gasteiger partial charge on any atom is 0.248 e. The Morgan fingerprint density at radius 2 is 1.94 bits per heavy atom. The van der Waals surface area contributed by atoms with Gasteiger partial charge in [0.2, 0.25) is 5.91 Å². The standard InChI is InChI=1S/C12H13NO5/c1-17-8-3-4-9(10(7-8)18-2)13-11(14)5-6-12(15)16/h3-7H,1-2H3,(H,13,14)(H,15,16)/p-1. The van der Waals surface area contributed by atoms with Crippen LogP contribution in [0.4, 0.5) is 5.69 Å². The Labute approximate surface area is 104 Å². The van der Waals surface area contributed by atoms with E-state index in [1.807, 2.05) is 0 Å². The second-order valence-electron chi connectivity index (χ2n) is 3.21. The van der Waals surface area contributed by atoms with E-state index in [4.69, 9.17) is 9.47 Å². The van der Waals surface area contributed by atoms with Crippen molar-refractivity contribution in [3.05, 3.63) is 30.4 Å². The van der Waals surface area contributed by atoms with E-state index < -0.39 is 11.9 Å². The number of carbonyl (C=O) groups is 2. The van der Waals surface area contributed by atoms with Crippen LogP contribution in [-0.2, 0) is 9.59 Å². The number of carbonyl (C=O) groups excluding carboxylic acids is 2. The van der Waals surface area contributed by atoms with Crippen molar-refractivity contribution in [1.82, 2.24) is 0 Å². The van der Waals surface area contributed by atoms with Crippen molar-refractivity contribution < 1.29 is 24.2 Å². The summed E-state index contributed by atoms with van der Waals surface area (Å²) >= 11 is 0. The minimum atomic E-state index is -1.44. The van der Waals surface area contributed by atoms with Crippen molar-refractivity contribution >= 4 is 17.6 Å². The van der Waals surface area contributed by atoms with Crippen molar-refractivity contribution in [1.29, 1.82) is 0 Å².